The Labute approximate surface area is 88.0 Å². The van der Waals surface area contributed by atoms with Crippen LogP contribution in [-0.4, -0.2) is 52.6 Å². The first-order chi connectivity index (χ1) is 7.00. The van der Waals surface area contributed by atoms with E-state index in [-0.39, 0.29) is 43.1 Å². The van der Waals surface area contributed by atoms with Crippen LogP contribution < -0.4 is 0 Å². The molecular weight excluding hydrogens is 196 g/mol. The van der Waals surface area contributed by atoms with Gasteiger partial charge in [0.05, 0.1) is 6.54 Å². The van der Waals surface area contributed by atoms with Gasteiger partial charge in [-0.3, -0.25) is 14.4 Å². The summed E-state index contributed by atoms with van der Waals surface area (Å²) in [4.78, 5) is 37.7. The number of hydrogen-bond acceptors (Lipinski definition) is 3. The van der Waals surface area contributed by atoms with Crippen molar-refractivity contribution in [3.8, 4) is 0 Å². The minimum absolute atomic E-state index is 0.0132. The zero-order valence-corrected chi connectivity index (χ0v) is 8.90. The van der Waals surface area contributed by atoms with Crippen LogP contribution in [0, 0.1) is 0 Å². The molecule has 2 heterocycles. The van der Waals surface area contributed by atoms with E-state index < -0.39 is 6.04 Å². The molecule has 0 saturated carbocycles. The molecule has 0 aliphatic carbocycles. The van der Waals surface area contributed by atoms with Gasteiger partial charge in [-0.2, -0.15) is 0 Å². The van der Waals surface area contributed by atoms with E-state index in [1.807, 2.05) is 13.8 Å². The van der Waals surface area contributed by atoms with E-state index in [0.717, 1.165) is 0 Å². The average Bonchev–Trinajstić information content (AvgIpc) is 2.53. The summed E-state index contributed by atoms with van der Waals surface area (Å²) in [5.41, 5.74) is 0. The molecular formula is C10H14N2O3. The number of rotatable bonds is 1. The second-order valence-electron chi connectivity index (χ2n) is 4.34. The standard InChI is InChI=1S/C10H14N2O3/c1-6(2)11-5-9(14)12-4-7(13)3-8(12)10(11)15/h6,8H,3-5H2,1-2H3/t8-/m1/s1. The molecule has 0 spiro atoms. The van der Waals surface area contributed by atoms with Gasteiger partial charge in [-0.15, -0.1) is 0 Å². The summed E-state index contributed by atoms with van der Waals surface area (Å²) in [6, 6.07) is -0.513. The molecule has 2 amide bonds. The van der Waals surface area contributed by atoms with Gasteiger partial charge in [-0.1, -0.05) is 0 Å². The van der Waals surface area contributed by atoms with Crippen molar-refractivity contribution in [1.82, 2.24) is 9.80 Å². The van der Waals surface area contributed by atoms with Crippen LogP contribution in [0.15, 0.2) is 0 Å². The molecule has 2 fully saturated rings. The number of piperazine rings is 1. The summed E-state index contributed by atoms with van der Waals surface area (Å²) < 4.78 is 0. The SMILES string of the molecule is CC(C)N1CC(=O)N2CC(=O)C[C@@H]2C1=O. The molecule has 0 N–H and O–H groups in total. The molecule has 5 heteroatoms. The molecule has 82 valence electrons. The summed E-state index contributed by atoms with van der Waals surface area (Å²) in [5, 5.41) is 0. The fourth-order valence-corrected chi connectivity index (χ4v) is 2.12. The van der Waals surface area contributed by atoms with Crippen LogP contribution in [-0.2, 0) is 14.4 Å². The van der Waals surface area contributed by atoms with Crippen molar-refractivity contribution in [3.05, 3.63) is 0 Å². The molecule has 0 aromatic heterocycles. The Hall–Kier alpha value is -1.39. The van der Waals surface area contributed by atoms with E-state index in [9.17, 15) is 14.4 Å². The van der Waals surface area contributed by atoms with Crippen LogP contribution in [0.25, 0.3) is 0 Å². The number of carbonyl (C=O) groups excluding carboxylic acids is 3. The third kappa shape index (κ3) is 1.52. The average molecular weight is 210 g/mol. The number of Topliss-reactive ketones (excluding diaryl/α,β-unsaturated/α-hetero) is 1. The highest BCUT2D eigenvalue weighted by molar-refractivity contribution is 6.03. The normalized spacial score (nSPS) is 26.6. The van der Waals surface area contributed by atoms with Gasteiger partial charge >= 0.3 is 0 Å². The number of fused-ring (bicyclic) bond motifs is 1. The smallest absolute Gasteiger partial charge is 0.246 e. The summed E-state index contributed by atoms with van der Waals surface area (Å²) in [6.07, 6.45) is 0.188. The van der Waals surface area contributed by atoms with Gasteiger partial charge in [0.15, 0.2) is 5.78 Å². The van der Waals surface area contributed by atoms with Gasteiger partial charge in [0.25, 0.3) is 0 Å². The lowest BCUT2D eigenvalue weighted by Gasteiger charge is -2.37. The molecule has 0 unspecified atom stereocenters. The van der Waals surface area contributed by atoms with Gasteiger partial charge in [0.2, 0.25) is 11.8 Å². The quantitative estimate of drug-likeness (QED) is 0.581. The summed E-state index contributed by atoms with van der Waals surface area (Å²) in [5.74, 6) is -0.220. The molecule has 1 atom stereocenters. The van der Waals surface area contributed by atoms with Gasteiger partial charge in [0, 0.05) is 12.5 Å². The number of amides is 2. The van der Waals surface area contributed by atoms with Crippen molar-refractivity contribution in [3.63, 3.8) is 0 Å². The number of nitrogens with zero attached hydrogens (tertiary/aromatic N) is 2. The molecule has 15 heavy (non-hydrogen) atoms. The Morgan fingerprint density at radius 2 is 1.87 bits per heavy atom. The highest BCUT2D eigenvalue weighted by atomic mass is 16.2. The molecule has 0 bridgehead atoms. The van der Waals surface area contributed by atoms with Crippen molar-refractivity contribution >= 4 is 17.6 Å². The summed E-state index contributed by atoms with van der Waals surface area (Å²) >= 11 is 0. The van der Waals surface area contributed by atoms with Crippen LogP contribution >= 0.6 is 0 Å². The Morgan fingerprint density at radius 1 is 1.20 bits per heavy atom. The Balaban J connectivity index is 2.24. The second-order valence-corrected chi connectivity index (χ2v) is 4.34. The van der Waals surface area contributed by atoms with Crippen LogP contribution in [0.5, 0.6) is 0 Å². The van der Waals surface area contributed by atoms with E-state index in [1.54, 1.807) is 4.90 Å². The summed E-state index contributed by atoms with van der Waals surface area (Å²) in [7, 11) is 0. The van der Waals surface area contributed by atoms with Gasteiger partial charge < -0.3 is 9.80 Å². The van der Waals surface area contributed by atoms with E-state index in [2.05, 4.69) is 0 Å². The Bertz CT molecular complexity index is 338. The molecule has 2 saturated heterocycles. The fraction of sp³-hybridized carbons (Fsp3) is 0.700. The van der Waals surface area contributed by atoms with Crippen molar-refractivity contribution in [2.24, 2.45) is 0 Å². The Kier molecular flexibility index (Phi) is 2.25. The zero-order chi connectivity index (χ0) is 11.2. The van der Waals surface area contributed by atoms with Crippen LogP contribution in [0.2, 0.25) is 0 Å². The third-order valence-electron chi connectivity index (χ3n) is 2.96. The summed E-state index contributed by atoms with van der Waals surface area (Å²) in [6.45, 7) is 3.97. The number of ketones is 1. The second kappa shape index (κ2) is 3.32. The lowest BCUT2D eigenvalue weighted by Crippen LogP contribution is -2.59. The monoisotopic (exact) mass is 210 g/mol. The Morgan fingerprint density at radius 3 is 2.47 bits per heavy atom. The van der Waals surface area contributed by atoms with Crippen molar-refractivity contribution in [2.75, 3.05) is 13.1 Å². The zero-order valence-electron chi connectivity index (χ0n) is 8.90. The van der Waals surface area contributed by atoms with Crippen LogP contribution in [0.1, 0.15) is 20.3 Å². The predicted octanol–water partition coefficient (Wildman–Crippen LogP) is -0.593. The first-order valence-corrected chi connectivity index (χ1v) is 5.12. The largest absolute Gasteiger partial charge is 0.329 e. The van der Waals surface area contributed by atoms with Gasteiger partial charge in [0.1, 0.15) is 12.6 Å². The maximum Gasteiger partial charge on any atom is 0.246 e. The predicted molar refractivity (Wildman–Crippen MR) is 52.0 cm³/mol. The maximum absolute atomic E-state index is 11.9. The fourth-order valence-electron chi connectivity index (χ4n) is 2.12. The van der Waals surface area contributed by atoms with Crippen LogP contribution in [0.3, 0.4) is 0 Å². The van der Waals surface area contributed by atoms with Gasteiger partial charge in [-0.25, -0.2) is 0 Å². The van der Waals surface area contributed by atoms with E-state index >= 15 is 0 Å². The van der Waals surface area contributed by atoms with Crippen molar-refractivity contribution in [2.45, 2.75) is 32.4 Å². The van der Waals surface area contributed by atoms with E-state index in [1.165, 1.54) is 4.90 Å². The van der Waals surface area contributed by atoms with Gasteiger partial charge in [-0.05, 0) is 13.8 Å². The molecule has 0 radical (unpaired) electrons. The minimum Gasteiger partial charge on any atom is -0.329 e. The molecule has 0 aromatic carbocycles. The number of carbonyl (C=O) groups is 3. The minimum atomic E-state index is -0.527. The molecule has 2 aliphatic rings. The lowest BCUT2D eigenvalue weighted by molar-refractivity contribution is -0.155. The first kappa shape index (κ1) is 10.1. The van der Waals surface area contributed by atoms with Crippen molar-refractivity contribution < 1.29 is 14.4 Å². The maximum atomic E-state index is 11.9. The first-order valence-electron chi connectivity index (χ1n) is 5.12. The van der Waals surface area contributed by atoms with Crippen LogP contribution in [0.4, 0.5) is 0 Å². The third-order valence-corrected chi connectivity index (χ3v) is 2.96. The molecule has 2 aliphatic heterocycles. The lowest BCUT2D eigenvalue weighted by atomic mass is 10.1. The molecule has 5 nitrogen and oxygen atoms in total. The number of hydrogen-bond donors (Lipinski definition) is 0. The topological polar surface area (TPSA) is 57.7 Å². The molecule has 0 aromatic rings. The molecule has 2 rings (SSSR count). The highest BCUT2D eigenvalue weighted by Gasteiger charge is 2.45. The van der Waals surface area contributed by atoms with E-state index in [0.29, 0.717) is 0 Å². The van der Waals surface area contributed by atoms with E-state index in [4.69, 9.17) is 0 Å². The van der Waals surface area contributed by atoms with Crippen molar-refractivity contribution in [1.29, 1.82) is 0 Å². The highest BCUT2D eigenvalue weighted by Crippen LogP contribution is 2.22.